The third-order valence-electron chi connectivity index (χ3n) is 8.77. The maximum absolute atomic E-state index is 12.6. The first-order chi connectivity index (χ1) is 19.2. The van der Waals surface area contributed by atoms with Gasteiger partial charge in [-0.3, -0.25) is 15.2 Å². The number of pyridine rings is 1. The first-order valence-corrected chi connectivity index (χ1v) is 14.8. The van der Waals surface area contributed by atoms with Crippen LogP contribution >= 0.6 is 0 Å². The number of hydrogen-bond acceptors (Lipinski definition) is 6. The van der Waals surface area contributed by atoms with E-state index in [0.29, 0.717) is 24.4 Å². The standard InChI is InChI=1S/C33H43N5O2/c1-6-22(7-2)29-19-30(37-31(36-29)23-12-15-34-16-13-23)28-20-38-17-14-24(28)18-27(38)21-40-32(39)35-26-10-8-25(9-11-26)33(3,4)5/h8-13,15-16,19,22,24,27-28H,6-7,14,17-18,20-21H2,1-5H3,(H,35,39)/t24-,27+,28-/m0/s1. The molecule has 3 saturated heterocycles. The number of nitrogens with one attached hydrogen (secondary N) is 1. The highest BCUT2D eigenvalue weighted by Gasteiger charge is 2.42. The molecule has 0 saturated carbocycles. The molecule has 3 aliphatic rings. The monoisotopic (exact) mass is 541 g/mol. The Kier molecular flexibility index (Phi) is 8.50. The normalized spacial score (nSPS) is 22.4. The van der Waals surface area contributed by atoms with E-state index in [2.05, 4.69) is 68.0 Å². The van der Waals surface area contributed by atoms with Gasteiger partial charge in [0.2, 0.25) is 0 Å². The molecule has 1 unspecified atom stereocenters. The molecule has 3 fully saturated rings. The maximum atomic E-state index is 12.6. The first-order valence-electron chi connectivity index (χ1n) is 14.8. The van der Waals surface area contributed by atoms with Crippen LogP contribution in [0.4, 0.5) is 10.5 Å². The van der Waals surface area contributed by atoms with Gasteiger partial charge in [-0.25, -0.2) is 14.8 Å². The number of nitrogens with zero attached hydrogens (tertiary/aromatic N) is 4. The van der Waals surface area contributed by atoms with Crippen LogP contribution in [-0.4, -0.2) is 51.7 Å². The summed E-state index contributed by atoms with van der Waals surface area (Å²) in [4.78, 5) is 29.4. The summed E-state index contributed by atoms with van der Waals surface area (Å²) < 4.78 is 5.71. The lowest BCUT2D eigenvalue weighted by Crippen LogP contribution is -2.54. The van der Waals surface area contributed by atoms with Crippen LogP contribution < -0.4 is 5.32 Å². The van der Waals surface area contributed by atoms with Gasteiger partial charge in [0.05, 0.1) is 0 Å². The molecular formula is C33H43N5O2. The Morgan fingerprint density at radius 2 is 1.80 bits per heavy atom. The number of aromatic nitrogens is 3. The average molecular weight is 542 g/mol. The summed E-state index contributed by atoms with van der Waals surface area (Å²) in [7, 11) is 0. The van der Waals surface area contributed by atoms with Crippen LogP contribution in [0.25, 0.3) is 11.4 Å². The molecule has 0 aliphatic carbocycles. The molecule has 1 aromatic carbocycles. The van der Waals surface area contributed by atoms with E-state index in [9.17, 15) is 4.79 Å². The number of amides is 1. The van der Waals surface area contributed by atoms with Gasteiger partial charge in [0.15, 0.2) is 5.82 Å². The molecule has 212 valence electrons. The van der Waals surface area contributed by atoms with E-state index in [4.69, 9.17) is 14.7 Å². The largest absolute Gasteiger partial charge is 0.448 e. The van der Waals surface area contributed by atoms with Crippen molar-refractivity contribution in [2.24, 2.45) is 5.92 Å². The third-order valence-corrected chi connectivity index (χ3v) is 8.77. The molecule has 7 nitrogen and oxygen atoms in total. The predicted molar refractivity (Wildman–Crippen MR) is 160 cm³/mol. The second-order valence-electron chi connectivity index (χ2n) is 12.4. The maximum Gasteiger partial charge on any atom is 0.411 e. The molecule has 4 atom stereocenters. The molecule has 40 heavy (non-hydrogen) atoms. The van der Waals surface area contributed by atoms with E-state index in [1.165, 1.54) is 5.56 Å². The zero-order valence-corrected chi connectivity index (χ0v) is 24.6. The molecule has 0 spiro atoms. The number of anilines is 1. The molecule has 5 heterocycles. The van der Waals surface area contributed by atoms with Crippen LogP contribution in [0.2, 0.25) is 0 Å². The van der Waals surface area contributed by atoms with Gasteiger partial charge >= 0.3 is 6.09 Å². The van der Waals surface area contributed by atoms with Crippen molar-refractivity contribution in [3.8, 4) is 11.4 Å². The summed E-state index contributed by atoms with van der Waals surface area (Å²) >= 11 is 0. The SMILES string of the molecule is CCC(CC)c1cc([C@H]2CN3CC[C@H]2C[C@@H]3COC(=O)Nc2ccc(C(C)(C)C)cc2)nc(-c2ccncc2)n1. The quantitative estimate of drug-likeness (QED) is 0.326. The Hall–Kier alpha value is -3.32. The molecule has 0 radical (unpaired) electrons. The highest BCUT2D eigenvalue weighted by atomic mass is 16.5. The Morgan fingerprint density at radius 3 is 2.42 bits per heavy atom. The minimum atomic E-state index is -0.393. The fourth-order valence-corrected chi connectivity index (χ4v) is 6.25. The zero-order chi connectivity index (χ0) is 28.3. The second-order valence-corrected chi connectivity index (χ2v) is 12.4. The van der Waals surface area contributed by atoms with Gasteiger partial charge in [-0.2, -0.15) is 0 Å². The molecule has 3 aromatic rings. The van der Waals surface area contributed by atoms with Crippen molar-refractivity contribution in [1.82, 2.24) is 19.9 Å². The first kappa shape index (κ1) is 28.2. The number of piperidine rings is 3. The van der Waals surface area contributed by atoms with Gasteiger partial charge in [0.25, 0.3) is 0 Å². The lowest BCUT2D eigenvalue weighted by Gasteiger charge is -2.49. The minimum Gasteiger partial charge on any atom is -0.448 e. The van der Waals surface area contributed by atoms with E-state index in [1.807, 2.05) is 24.3 Å². The van der Waals surface area contributed by atoms with E-state index < -0.39 is 6.09 Å². The smallest absolute Gasteiger partial charge is 0.411 e. The zero-order valence-electron chi connectivity index (χ0n) is 24.6. The van der Waals surface area contributed by atoms with E-state index in [1.54, 1.807) is 12.4 Å². The van der Waals surface area contributed by atoms with Crippen molar-refractivity contribution in [3.05, 3.63) is 71.8 Å². The highest BCUT2D eigenvalue weighted by Crippen LogP contribution is 2.42. The molecule has 2 bridgehead atoms. The molecule has 1 N–H and O–H groups in total. The number of carbonyl (C=O) groups excluding carboxylic acids is 1. The van der Waals surface area contributed by atoms with Crippen molar-refractivity contribution in [1.29, 1.82) is 0 Å². The number of ether oxygens (including phenoxy) is 1. The lowest BCUT2D eigenvalue weighted by molar-refractivity contribution is -0.00149. The Bertz CT molecular complexity index is 1280. The lowest BCUT2D eigenvalue weighted by atomic mass is 9.74. The van der Waals surface area contributed by atoms with Crippen LogP contribution in [0.5, 0.6) is 0 Å². The van der Waals surface area contributed by atoms with Gasteiger partial charge in [-0.05, 0) is 79.5 Å². The van der Waals surface area contributed by atoms with Crippen molar-refractivity contribution >= 4 is 11.8 Å². The van der Waals surface area contributed by atoms with Crippen molar-refractivity contribution < 1.29 is 9.53 Å². The predicted octanol–water partition coefficient (Wildman–Crippen LogP) is 7.17. The van der Waals surface area contributed by atoms with Crippen molar-refractivity contribution in [2.45, 2.75) is 83.6 Å². The summed E-state index contributed by atoms with van der Waals surface area (Å²) in [5.74, 6) is 2.09. The molecule has 1 amide bonds. The van der Waals surface area contributed by atoms with Crippen LogP contribution in [0.3, 0.4) is 0 Å². The molecule has 2 aromatic heterocycles. The van der Waals surface area contributed by atoms with Gasteiger partial charge < -0.3 is 4.74 Å². The number of hydrogen-bond donors (Lipinski definition) is 1. The Morgan fingerprint density at radius 1 is 1.07 bits per heavy atom. The van der Waals surface area contributed by atoms with Crippen LogP contribution in [0.1, 0.15) is 89.1 Å². The van der Waals surface area contributed by atoms with Gasteiger partial charge in [-0.1, -0.05) is 46.8 Å². The molecular weight excluding hydrogens is 498 g/mol. The van der Waals surface area contributed by atoms with E-state index >= 15 is 0 Å². The van der Waals surface area contributed by atoms with Crippen molar-refractivity contribution in [3.63, 3.8) is 0 Å². The molecule has 3 aliphatic heterocycles. The number of fused-ring (bicyclic) bond motifs is 3. The highest BCUT2D eigenvalue weighted by molar-refractivity contribution is 5.84. The fourth-order valence-electron chi connectivity index (χ4n) is 6.25. The van der Waals surface area contributed by atoms with Crippen LogP contribution in [0, 0.1) is 5.92 Å². The van der Waals surface area contributed by atoms with Gasteiger partial charge in [0, 0.05) is 59.5 Å². The Labute approximate surface area is 238 Å². The second kappa shape index (κ2) is 12.0. The number of benzene rings is 1. The topological polar surface area (TPSA) is 80.2 Å². The summed E-state index contributed by atoms with van der Waals surface area (Å²) in [5, 5.41) is 2.89. The van der Waals surface area contributed by atoms with Gasteiger partial charge in [0.1, 0.15) is 6.61 Å². The molecule has 7 heteroatoms. The summed E-state index contributed by atoms with van der Waals surface area (Å²) in [6.07, 6.45) is 7.48. The van der Waals surface area contributed by atoms with E-state index in [-0.39, 0.29) is 11.5 Å². The third kappa shape index (κ3) is 6.35. The van der Waals surface area contributed by atoms with Gasteiger partial charge in [-0.15, -0.1) is 0 Å². The summed E-state index contributed by atoms with van der Waals surface area (Å²) in [6, 6.07) is 14.5. The Balaban J connectivity index is 1.25. The number of carbonyl (C=O) groups is 1. The summed E-state index contributed by atoms with van der Waals surface area (Å²) in [6.45, 7) is 13.4. The summed E-state index contributed by atoms with van der Waals surface area (Å²) in [5.41, 5.74) is 5.37. The average Bonchev–Trinajstić information content (AvgIpc) is 2.97. The molecule has 6 rings (SSSR count). The van der Waals surface area contributed by atoms with Crippen molar-refractivity contribution in [2.75, 3.05) is 25.0 Å². The minimum absolute atomic E-state index is 0.0767. The number of rotatable bonds is 8. The van der Waals surface area contributed by atoms with Crippen LogP contribution in [0.15, 0.2) is 54.9 Å². The fraction of sp³-hybridized carbons (Fsp3) is 0.515. The van der Waals surface area contributed by atoms with E-state index in [0.717, 1.165) is 67.2 Å². The van der Waals surface area contributed by atoms with Crippen LogP contribution in [-0.2, 0) is 10.2 Å².